The van der Waals surface area contributed by atoms with Gasteiger partial charge >= 0.3 is 0 Å². The number of thiazole rings is 1. The fourth-order valence-electron chi connectivity index (χ4n) is 2.79. The summed E-state index contributed by atoms with van der Waals surface area (Å²) in [6.45, 7) is 2.06. The molecule has 0 amide bonds. The average molecular weight is 388 g/mol. The number of anilines is 1. The van der Waals surface area contributed by atoms with E-state index >= 15 is 0 Å². The van der Waals surface area contributed by atoms with Gasteiger partial charge in [0, 0.05) is 19.8 Å². The molecule has 0 saturated carbocycles. The van der Waals surface area contributed by atoms with Crippen LogP contribution in [0.5, 0.6) is 0 Å². The Labute approximate surface area is 166 Å². The Morgan fingerprint density at radius 2 is 1.64 bits per heavy atom. The fraction of sp³-hybridized carbons (Fsp3) is 0.136. The van der Waals surface area contributed by atoms with Crippen molar-refractivity contribution in [3.63, 3.8) is 0 Å². The van der Waals surface area contributed by atoms with Crippen molar-refractivity contribution < 1.29 is 0 Å². The van der Waals surface area contributed by atoms with Crippen molar-refractivity contribution in [2.75, 3.05) is 19.0 Å². The minimum Gasteiger partial charge on any atom is -0.378 e. The van der Waals surface area contributed by atoms with Crippen molar-refractivity contribution in [3.05, 3.63) is 85.9 Å². The summed E-state index contributed by atoms with van der Waals surface area (Å²) in [6.07, 6.45) is 5.65. The maximum absolute atomic E-state index is 12.6. The standard InChI is InChI=1S/C22H20N4OS/c1-15-4-6-16(7-5-15)10-13-20-23-22-26(24-20)21(27)19(28-22)14-17-8-11-18(12-9-17)25(2)3/h4-14H,1-3H3/b13-10+,19-14+. The molecule has 2 aromatic carbocycles. The molecule has 2 heterocycles. The largest absolute Gasteiger partial charge is 0.378 e. The monoisotopic (exact) mass is 388 g/mol. The molecule has 0 spiro atoms. The summed E-state index contributed by atoms with van der Waals surface area (Å²) in [6, 6.07) is 16.3. The maximum atomic E-state index is 12.6. The molecule has 28 heavy (non-hydrogen) atoms. The second-order valence-corrected chi connectivity index (χ2v) is 7.82. The van der Waals surface area contributed by atoms with Gasteiger partial charge in [-0.05, 0) is 42.3 Å². The highest BCUT2D eigenvalue weighted by Crippen LogP contribution is 2.13. The molecule has 4 aromatic rings. The van der Waals surface area contributed by atoms with Crippen LogP contribution >= 0.6 is 11.3 Å². The zero-order valence-corrected chi connectivity index (χ0v) is 16.8. The number of hydrogen-bond acceptors (Lipinski definition) is 5. The van der Waals surface area contributed by atoms with Crippen molar-refractivity contribution in [1.82, 2.24) is 14.6 Å². The minimum atomic E-state index is -0.140. The van der Waals surface area contributed by atoms with E-state index in [1.54, 1.807) is 0 Å². The fourth-order valence-corrected chi connectivity index (χ4v) is 3.70. The van der Waals surface area contributed by atoms with E-state index in [2.05, 4.69) is 29.1 Å². The van der Waals surface area contributed by atoms with E-state index in [4.69, 9.17) is 0 Å². The Hall–Kier alpha value is -3.25. The molecule has 0 unspecified atom stereocenters. The second-order valence-electron chi connectivity index (χ2n) is 6.81. The highest BCUT2D eigenvalue weighted by molar-refractivity contribution is 7.15. The molecule has 0 saturated heterocycles. The Morgan fingerprint density at radius 3 is 2.29 bits per heavy atom. The number of nitrogens with zero attached hydrogens (tertiary/aromatic N) is 4. The molecule has 4 rings (SSSR count). The van der Waals surface area contributed by atoms with Crippen LogP contribution in [0.25, 0.3) is 23.2 Å². The van der Waals surface area contributed by atoms with Crippen molar-refractivity contribution in [3.8, 4) is 0 Å². The lowest BCUT2D eigenvalue weighted by atomic mass is 10.1. The number of aromatic nitrogens is 3. The highest BCUT2D eigenvalue weighted by atomic mass is 32.1. The predicted molar refractivity (Wildman–Crippen MR) is 117 cm³/mol. The molecule has 0 aliphatic heterocycles. The molecule has 0 aliphatic carbocycles. The third-order valence-corrected chi connectivity index (χ3v) is 5.37. The van der Waals surface area contributed by atoms with E-state index in [0.717, 1.165) is 16.8 Å². The number of hydrogen-bond donors (Lipinski definition) is 0. The van der Waals surface area contributed by atoms with Crippen LogP contribution in [0.2, 0.25) is 0 Å². The first kappa shape index (κ1) is 18.1. The molecule has 0 fully saturated rings. The van der Waals surface area contributed by atoms with Gasteiger partial charge in [0.1, 0.15) is 0 Å². The van der Waals surface area contributed by atoms with E-state index in [1.807, 2.05) is 73.6 Å². The maximum Gasteiger partial charge on any atom is 0.291 e. The Balaban J connectivity index is 1.62. The van der Waals surface area contributed by atoms with Gasteiger partial charge in [-0.1, -0.05) is 59.4 Å². The van der Waals surface area contributed by atoms with Gasteiger partial charge in [-0.2, -0.15) is 9.50 Å². The molecule has 0 aliphatic rings. The summed E-state index contributed by atoms with van der Waals surface area (Å²) in [4.78, 5) is 19.7. The Bertz CT molecular complexity index is 1250. The van der Waals surface area contributed by atoms with E-state index < -0.39 is 0 Å². The smallest absolute Gasteiger partial charge is 0.291 e. The van der Waals surface area contributed by atoms with Crippen molar-refractivity contribution in [1.29, 1.82) is 0 Å². The Kier molecular flexibility index (Phi) is 4.79. The third-order valence-electron chi connectivity index (χ3n) is 4.41. The van der Waals surface area contributed by atoms with Crippen LogP contribution in [0.3, 0.4) is 0 Å². The first-order valence-electron chi connectivity index (χ1n) is 8.93. The number of aryl methyl sites for hydroxylation is 1. The van der Waals surface area contributed by atoms with Crippen LogP contribution in [-0.2, 0) is 0 Å². The van der Waals surface area contributed by atoms with Crippen LogP contribution in [0.1, 0.15) is 22.5 Å². The molecule has 0 N–H and O–H groups in total. The number of fused-ring (bicyclic) bond motifs is 1. The summed E-state index contributed by atoms with van der Waals surface area (Å²) in [5.41, 5.74) is 4.24. The summed E-state index contributed by atoms with van der Waals surface area (Å²) in [7, 11) is 4.00. The van der Waals surface area contributed by atoms with Gasteiger partial charge in [-0.25, -0.2) is 0 Å². The predicted octanol–water partition coefficient (Wildman–Crippen LogP) is 3.24. The molecule has 2 aromatic heterocycles. The van der Waals surface area contributed by atoms with Crippen molar-refractivity contribution in [2.45, 2.75) is 6.92 Å². The normalized spacial score (nSPS) is 12.3. The number of benzene rings is 2. The van der Waals surface area contributed by atoms with Crippen LogP contribution in [0.15, 0.2) is 53.3 Å². The summed E-state index contributed by atoms with van der Waals surface area (Å²) >= 11 is 1.35. The van der Waals surface area contributed by atoms with E-state index in [0.29, 0.717) is 15.3 Å². The topological polar surface area (TPSA) is 50.5 Å². The first-order chi connectivity index (χ1) is 13.5. The number of rotatable bonds is 4. The van der Waals surface area contributed by atoms with E-state index in [1.165, 1.54) is 21.4 Å². The summed E-state index contributed by atoms with van der Waals surface area (Å²) in [5.74, 6) is 0.533. The van der Waals surface area contributed by atoms with Gasteiger partial charge < -0.3 is 4.90 Å². The van der Waals surface area contributed by atoms with Crippen LogP contribution in [0, 0.1) is 6.92 Å². The lowest BCUT2D eigenvalue weighted by molar-refractivity contribution is 0.925. The van der Waals surface area contributed by atoms with Gasteiger partial charge in [-0.3, -0.25) is 4.79 Å². The van der Waals surface area contributed by atoms with E-state index in [-0.39, 0.29) is 5.56 Å². The summed E-state index contributed by atoms with van der Waals surface area (Å²) < 4.78 is 2.00. The molecule has 6 heteroatoms. The lowest BCUT2D eigenvalue weighted by Crippen LogP contribution is -2.23. The molecule has 0 radical (unpaired) electrons. The third kappa shape index (κ3) is 3.73. The van der Waals surface area contributed by atoms with E-state index in [9.17, 15) is 4.79 Å². The molecule has 140 valence electrons. The summed E-state index contributed by atoms with van der Waals surface area (Å²) in [5, 5.41) is 4.33. The quantitative estimate of drug-likeness (QED) is 0.539. The van der Waals surface area contributed by atoms with Crippen molar-refractivity contribution in [2.24, 2.45) is 0 Å². The molecular weight excluding hydrogens is 368 g/mol. The highest BCUT2D eigenvalue weighted by Gasteiger charge is 2.08. The van der Waals surface area contributed by atoms with Crippen LogP contribution < -0.4 is 15.0 Å². The molecule has 5 nitrogen and oxygen atoms in total. The molecule has 0 atom stereocenters. The average Bonchev–Trinajstić information content (AvgIpc) is 3.21. The molecule has 0 bridgehead atoms. The van der Waals surface area contributed by atoms with Crippen LogP contribution in [0.4, 0.5) is 5.69 Å². The second kappa shape index (κ2) is 7.40. The van der Waals surface area contributed by atoms with Crippen LogP contribution in [-0.4, -0.2) is 28.7 Å². The zero-order valence-electron chi connectivity index (χ0n) is 16.0. The van der Waals surface area contributed by atoms with Gasteiger partial charge in [-0.15, -0.1) is 5.10 Å². The molecular formula is C22H20N4OS. The lowest BCUT2D eigenvalue weighted by Gasteiger charge is -2.11. The van der Waals surface area contributed by atoms with Gasteiger partial charge in [0.05, 0.1) is 4.53 Å². The zero-order chi connectivity index (χ0) is 19.7. The van der Waals surface area contributed by atoms with Crippen molar-refractivity contribution >= 4 is 40.2 Å². The Morgan fingerprint density at radius 1 is 0.964 bits per heavy atom. The van der Waals surface area contributed by atoms with Gasteiger partial charge in [0.15, 0.2) is 5.82 Å². The van der Waals surface area contributed by atoms with Gasteiger partial charge in [0.2, 0.25) is 4.96 Å². The van der Waals surface area contributed by atoms with Gasteiger partial charge in [0.25, 0.3) is 5.56 Å². The minimum absolute atomic E-state index is 0.140. The SMILES string of the molecule is Cc1ccc(/C=C/c2nc3s/c(=C/c4ccc(N(C)C)cc4)c(=O)n3n2)cc1. The first-order valence-corrected chi connectivity index (χ1v) is 9.75.